The largest absolute Gasteiger partial charge is 0.497 e. The second-order valence-electron chi connectivity index (χ2n) is 5.24. The summed E-state index contributed by atoms with van der Waals surface area (Å²) in [5.74, 6) is 0.664. The number of carbonyl (C=O) groups excluding carboxylic acids is 2. The monoisotopic (exact) mass is 372 g/mol. The number of carbonyl (C=O) groups is 2. The number of benzene rings is 1. The molecule has 2 N–H and O–H groups in total. The maximum absolute atomic E-state index is 12.4. The molecule has 1 aliphatic rings. The van der Waals surface area contributed by atoms with Crippen molar-refractivity contribution in [3.05, 3.63) is 48.4 Å². The Labute approximate surface area is 153 Å². The predicted molar refractivity (Wildman–Crippen MR) is 99.5 cm³/mol. The van der Waals surface area contributed by atoms with E-state index in [1.807, 2.05) is 0 Å². The molecule has 1 atom stereocenters. The van der Waals surface area contributed by atoms with E-state index in [1.165, 1.54) is 12.5 Å². The van der Waals surface area contributed by atoms with Crippen molar-refractivity contribution in [2.75, 3.05) is 12.4 Å². The zero-order chi connectivity index (χ0) is 18.4. The average molecular weight is 372 g/mol. The Balaban J connectivity index is 1.63. The molecule has 0 bridgehead atoms. The normalized spacial score (nSPS) is 18.7. The predicted octanol–water partition coefficient (Wildman–Crippen LogP) is 2.24. The number of rotatable bonds is 5. The van der Waals surface area contributed by atoms with Gasteiger partial charge < -0.3 is 19.8 Å². The van der Waals surface area contributed by atoms with Crippen LogP contribution in [-0.4, -0.2) is 35.6 Å². The van der Waals surface area contributed by atoms with E-state index in [-0.39, 0.29) is 23.4 Å². The van der Waals surface area contributed by atoms with Gasteiger partial charge in [-0.1, -0.05) is 11.8 Å². The molecular formula is C17H16N4O4S. The zero-order valence-electron chi connectivity index (χ0n) is 13.8. The Morgan fingerprint density at radius 2 is 2.19 bits per heavy atom. The van der Waals surface area contributed by atoms with Gasteiger partial charge in [-0.05, 0) is 36.4 Å². The van der Waals surface area contributed by atoms with Gasteiger partial charge in [0.25, 0.3) is 0 Å². The molecule has 1 fully saturated rings. The first kappa shape index (κ1) is 17.7. The molecule has 2 heterocycles. The van der Waals surface area contributed by atoms with Crippen LogP contribution in [0.15, 0.2) is 57.3 Å². The maximum atomic E-state index is 12.4. The van der Waals surface area contributed by atoms with Gasteiger partial charge in [0, 0.05) is 12.1 Å². The van der Waals surface area contributed by atoms with Crippen molar-refractivity contribution < 1.29 is 18.7 Å². The molecule has 0 aliphatic carbocycles. The standard InChI is InChI=1S/C17H16N4O4S/c1-24-12-6-4-11(5-7-12)19-16(23)14-9-15(22)20-17(26-14)21-18-10-13-3-2-8-25-13/h2-8,10,14H,9H2,1H3,(H,19,23)(H,20,21,22)/t14-/m1/s1. The minimum absolute atomic E-state index is 0.0631. The number of hydrogen-bond donors (Lipinski definition) is 2. The molecule has 1 aromatic heterocycles. The lowest BCUT2D eigenvalue weighted by Crippen LogP contribution is -2.41. The fraction of sp³-hybridized carbons (Fsp3) is 0.176. The summed E-state index contributed by atoms with van der Waals surface area (Å²) in [5.41, 5.74) is 0.622. The van der Waals surface area contributed by atoms with Crippen LogP contribution in [0.4, 0.5) is 5.69 Å². The van der Waals surface area contributed by atoms with E-state index in [0.29, 0.717) is 17.2 Å². The van der Waals surface area contributed by atoms with Gasteiger partial charge in [-0.25, -0.2) is 0 Å². The Morgan fingerprint density at radius 1 is 1.38 bits per heavy atom. The van der Waals surface area contributed by atoms with E-state index in [9.17, 15) is 9.59 Å². The van der Waals surface area contributed by atoms with Crippen molar-refractivity contribution in [1.82, 2.24) is 5.32 Å². The van der Waals surface area contributed by atoms with E-state index in [0.717, 1.165) is 11.8 Å². The summed E-state index contributed by atoms with van der Waals surface area (Å²) in [6.07, 6.45) is 3.00. The highest BCUT2D eigenvalue weighted by Crippen LogP contribution is 2.23. The molecule has 3 rings (SSSR count). The number of anilines is 1. The highest BCUT2D eigenvalue weighted by Gasteiger charge is 2.30. The summed E-state index contributed by atoms with van der Waals surface area (Å²) >= 11 is 1.14. The van der Waals surface area contributed by atoms with Crippen LogP contribution in [0.3, 0.4) is 0 Å². The number of methoxy groups -OCH3 is 1. The van der Waals surface area contributed by atoms with Crippen LogP contribution in [0.25, 0.3) is 0 Å². The summed E-state index contributed by atoms with van der Waals surface area (Å²) in [7, 11) is 1.57. The summed E-state index contributed by atoms with van der Waals surface area (Å²) in [4.78, 5) is 24.3. The van der Waals surface area contributed by atoms with E-state index in [4.69, 9.17) is 9.15 Å². The maximum Gasteiger partial charge on any atom is 0.238 e. The van der Waals surface area contributed by atoms with Gasteiger partial charge in [0.15, 0.2) is 5.17 Å². The van der Waals surface area contributed by atoms with E-state index < -0.39 is 5.25 Å². The van der Waals surface area contributed by atoms with Gasteiger partial charge in [0.05, 0.1) is 19.6 Å². The van der Waals surface area contributed by atoms with Crippen LogP contribution in [0.5, 0.6) is 5.75 Å². The Kier molecular flexibility index (Phi) is 5.69. The van der Waals surface area contributed by atoms with Crippen LogP contribution in [-0.2, 0) is 9.59 Å². The Bertz CT molecular complexity index is 831. The number of furan rings is 1. The lowest BCUT2D eigenvalue weighted by molar-refractivity contribution is -0.123. The number of amides is 2. The second-order valence-corrected chi connectivity index (χ2v) is 6.43. The van der Waals surface area contributed by atoms with Crippen LogP contribution in [0.1, 0.15) is 12.2 Å². The first-order valence-corrected chi connectivity index (χ1v) is 8.58. The molecule has 1 aromatic carbocycles. The molecule has 0 radical (unpaired) electrons. The highest BCUT2D eigenvalue weighted by atomic mass is 32.2. The molecular weight excluding hydrogens is 356 g/mol. The van der Waals surface area contributed by atoms with Crippen molar-refractivity contribution >= 4 is 40.6 Å². The fourth-order valence-electron chi connectivity index (χ4n) is 2.14. The van der Waals surface area contributed by atoms with E-state index in [2.05, 4.69) is 20.8 Å². The summed E-state index contributed by atoms with van der Waals surface area (Å²) in [5, 5.41) is 12.8. The van der Waals surface area contributed by atoms with Crippen LogP contribution in [0.2, 0.25) is 0 Å². The third-order valence-electron chi connectivity index (χ3n) is 3.40. The molecule has 0 saturated carbocycles. The SMILES string of the molecule is COc1ccc(NC(=O)[C@H]2CC(=O)NC(=NN=Cc3ccco3)S2)cc1. The first-order valence-electron chi connectivity index (χ1n) is 7.70. The number of ether oxygens (including phenoxy) is 1. The van der Waals surface area contributed by atoms with E-state index >= 15 is 0 Å². The Morgan fingerprint density at radius 3 is 2.88 bits per heavy atom. The molecule has 1 saturated heterocycles. The molecule has 0 unspecified atom stereocenters. The number of hydrogen-bond acceptors (Lipinski definition) is 7. The fourth-order valence-corrected chi connectivity index (χ4v) is 3.08. The van der Waals surface area contributed by atoms with Crippen LogP contribution >= 0.6 is 11.8 Å². The topological polar surface area (TPSA) is 105 Å². The van der Waals surface area contributed by atoms with Gasteiger partial charge >= 0.3 is 0 Å². The number of amidine groups is 1. The smallest absolute Gasteiger partial charge is 0.238 e. The van der Waals surface area contributed by atoms with Gasteiger partial charge in [-0.3, -0.25) is 9.59 Å². The van der Waals surface area contributed by atoms with E-state index in [1.54, 1.807) is 43.5 Å². The van der Waals surface area contributed by atoms with Gasteiger partial charge in [-0.15, -0.1) is 5.10 Å². The molecule has 1 aliphatic heterocycles. The number of thioether (sulfide) groups is 1. The van der Waals surface area contributed by atoms with Gasteiger partial charge in [0.2, 0.25) is 11.8 Å². The minimum atomic E-state index is -0.594. The van der Waals surface area contributed by atoms with Crippen LogP contribution in [0, 0.1) is 0 Å². The van der Waals surface area contributed by atoms with Crippen molar-refractivity contribution in [2.24, 2.45) is 10.2 Å². The van der Waals surface area contributed by atoms with Gasteiger partial charge in [0.1, 0.15) is 16.8 Å². The third kappa shape index (κ3) is 4.73. The summed E-state index contributed by atoms with van der Waals surface area (Å²) in [6, 6.07) is 10.4. The minimum Gasteiger partial charge on any atom is -0.497 e. The molecule has 2 amide bonds. The first-order chi connectivity index (χ1) is 12.6. The summed E-state index contributed by atoms with van der Waals surface area (Å²) in [6.45, 7) is 0. The Hall–Kier alpha value is -3.07. The molecule has 134 valence electrons. The van der Waals surface area contributed by atoms with Crippen molar-refractivity contribution in [1.29, 1.82) is 0 Å². The quantitative estimate of drug-likeness (QED) is 0.619. The van der Waals surface area contributed by atoms with Crippen molar-refractivity contribution in [2.45, 2.75) is 11.7 Å². The highest BCUT2D eigenvalue weighted by molar-refractivity contribution is 8.15. The lowest BCUT2D eigenvalue weighted by Gasteiger charge is -2.21. The lowest BCUT2D eigenvalue weighted by atomic mass is 10.2. The number of nitrogens with one attached hydrogen (secondary N) is 2. The molecule has 8 nitrogen and oxygen atoms in total. The molecule has 9 heteroatoms. The third-order valence-corrected chi connectivity index (χ3v) is 4.47. The summed E-state index contributed by atoms with van der Waals surface area (Å²) < 4.78 is 10.2. The molecule has 0 spiro atoms. The second kappa shape index (κ2) is 8.34. The molecule has 26 heavy (non-hydrogen) atoms. The zero-order valence-corrected chi connectivity index (χ0v) is 14.7. The van der Waals surface area contributed by atoms with Crippen molar-refractivity contribution in [3.63, 3.8) is 0 Å². The van der Waals surface area contributed by atoms with Crippen LogP contribution < -0.4 is 15.4 Å². The molecule has 2 aromatic rings. The average Bonchev–Trinajstić information content (AvgIpc) is 3.15. The van der Waals surface area contributed by atoms with Crippen molar-refractivity contribution in [3.8, 4) is 5.75 Å². The number of nitrogens with zero attached hydrogens (tertiary/aromatic N) is 2. The van der Waals surface area contributed by atoms with Gasteiger partial charge in [-0.2, -0.15) is 5.10 Å².